The first-order valence-electron chi connectivity index (χ1n) is 8.92. The van der Waals surface area contributed by atoms with E-state index in [4.69, 9.17) is 9.47 Å². The van der Waals surface area contributed by atoms with Crippen LogP contribution < -0.4 is 10.6 Å². The number of aliphatic imine (C=N–C) groups is 1. The summed E-state index contributed by atoms with van der Waals surface area (Å²) in [6.45, 7) is 10.6. The van der Waals surface area contributed by atoms with Crippen molar-refractivity contribution in [3.05, 3.63) is 0 Å². The van der Waals surface area contributed by atoms with Gasteiger partial charge in [-0.15, -0.1) is 0 Å². The van der Waals surface area contributed by atoms with E-state index in [1.165, 1.54) is 12.8 Å². The van der Waals surface area contributed by atoms with Gasteiger partial charge in [-0.1, -0.05) is 13.8 Å². The molecule has 1 fully saturated rings. The normalized spacial score (nSPS) is 15.5. The van der Waals surface area contributed by atoms with E-state index in [9.17, 15) is 0 Å². The Morgan fingerprint density at radius 1 is 1.17 bits per heavy atom. The molecule has 0 amide bonds. The quantitative estimate of drug-likeness (QED) is 0.303. The zero-order valence-electron chi connectivity index (χ0n) is 15.4. The Morgan fingerprint density at radius 3 is 2.52 bits per heavy atom. The summed E-state index contributed by atoms with van der Waals surface area (Å²) in [5.41, 5.74) is 0. The molecule has 0 aromatic rings. The highest BCUT2D eigenvalue weighted by Gasteiger charge is 2.28. The van der Waals surface area contributed by atoms with Gasteiger partial charge in [-0.2, -0.15) is 0 Å². The molecule has 6 nitrogen and oxygen atoms in total. The standard InChI is InChI=1S/C17H36N4O2/c1-15(2)14-23-12-5-8-19-17(18-3)20-9-10-21(11-13-22-4)16-6-7-16/h15-16H,5-14H2,1-4H3,(H2,18,19,20). The molecule has 1 aliphatic carbocycles. The molecule has 0 radical (unpaired) electrons. The SMILES string of the molecule is CN=C(NCCCOCC(C)C)NCCN(CCOC)C1CC1. The maximum Gasteiger partial charge on any atom is 0.191 e. The van der Waals surface area contributed by atoms with Crippen LogP contribution in [-0.4, -0.2) is 77.1 Å². The highest BCUT2D eigenvalue weighted by atomic mass is 16.5. The van der Waals surface area contributed by atoms with Crippen molar-refractivity contribution in [2.75, 3.05) is 60.2 Å². The second-order valence-electron chi connectivity index (χ2n) is 6.51. The summed E-state index contributed by atoms with van der Waals surface area (Å²) in [6, 6.07) is 0.764. The molecule has 0 bridgehead atoms. The monoisotopic (exact) mass is 328 g/mol. The number of nitrogens with zero attached hydrogens (tertiary/aromatic N) is 2. The van der Waals surface area contributed by atoms with Gasteiger partial charge in [0, 0.05) is 59.6 Å². The third-order valence-corrected chi connectivity index (χ3v) is 3.77. The molecule has 23 heavy (non-hydrogen) atoms. The van der Waals surface area contributed by atoms with Gasteiger partial charge in [0.25, 0.3) is 0 Å². The van der Waals surface area contributed by atoms with Crippen LogP contribution in [0.25, 0.3) is 0 Å². The summed E-state index contributed by atoms with van der Waals surface area (Å²) in [5, 5.41) is 6.72. The average Bonchev–Trinajstić information content (AvgIpc) is 3.36. The fourth-order valence-corrected chi connectivity index (χ4v) is 2.36. The first-order chi connectivity index (χ1) is 11.2. The fraction of sp³-hybridized carbons (Fsp3) is 0.941. The molecule has 0 spiro atoms. The first-order valence-corrected chi connectivity index (χ1v) is 8.92. The van der Waals surface area contributed by atoms with E-state index in [0.717, 1.165) is 64.4 Å². The van der Waals surface area contributed by atoms with Crippen LogP contribution in [-0.2, 0) is 9.47 Å². The lowest BCUT2D eigenvalue weighted by atomic mass is 10.2. The molecule has 1 aliphatic rings. The summed E-state index contributed by atoms with van der Waals surface area (Å²) in [4.78, 5) is 6.77. The van der Waals surface area contributed by atoms with Crippen LogP contribution in [0, 0.1) is 5.92 Å². The molecule has 0 heterocycles. The molecule has 0 aliphatic heterocycles. The maximum absolute atomic E-state index is 5.58. The fourth-order valence-electron chi connectivity index (χ4n) is 2.36. The second-order valence-corrected chi connectivity index (χ2v) is 6.51. The van der Waals surface area contributed by atoms with Gasteiger partial charge in [-0.25, -0.2) is 0 Å². The Hall–Kier alpha value is -0.850. The summed E-state index contributed by atoms with van der Waals surface area (Å²) < 4.78 is 10.8. The Balaban J connectivity index is 2.06. The van der Waals surface area contributed by atoms with Crippen molar-refractivity contribution in [2.45, 2.75) is 39.2 Å². The zero-order valence-corrected chi connectivity index (χ0v) is 15.4. The molecule has 1 saturated carbocycles. The van der Waals surface area contributed by atoms with Gasteiger partial charge in [0.05, 0.1) is 6.61 Å². The number of guanidine groups is 1. The van der Waals surface area contributed by atoms with Gasteiger partial charge in [0.2, 0.25) is 0 Å². The summed E-state index contributed by atoms with van der Waals surface area (Å²) in [7, 11) is 3.58. The molecule has 1 rings (SSSR count). The zero-order chi connectivity index (χ0) is 16.9. The maximum atomic E-state index is 5.58. The van der Waals surface area contributed by atoms with Gasteiger partial charge in [-0.3, -0.25) is 9.89 Å². The molecule has 0 unspecified atom stereocenters. The number of hydrogen-bond acceptors (Lipinski definition) is 4. The van der Waals surface area contributed by atoms with Crippen LogP contribution in [0.2, 0.25) is 0 Å². The van der Waals surface area contributed by atoms with Crippen molar-refractivity contribution < 1.29 is 9.47 Å². The van der Waals surface area contributed by atoms with Gasteiger partial charge >= 0.3 is 0 Å². The number of methoxy groups -OCH3 is 1. The van der Waals surface area contributed by atoms with Gasteiger partial charge in [-0.05, 0) is 25.2 Å². The van der Waals surface area contributed by atoms with Crippen LogP contribution in [0.1, 0.15) is 33.1 Å². The summed E-state index contributed by atoms with van der Waals surface area (Å²) >= 11 is 0. The van der Waals surface area contributed by atoms with Crippen molar-refractivity contribution in [1.82, 2.24) is 15.5 Å². The highest BCUT2D eigenvalue weighted by molar-refractivity contribution is 5.79. The van der Waals surface area contributed by atoms with Crippen LogP contribution in [0.3, 0.4) is 0 Å². The second kappa shape index (κ2) is 12.6. The molecule has 2 N–H and O–H groups in total. The first kappa shape index (κ1) is 20.2. The van der Waals surface area contributed by atoms with Crippen molar-refractivity contribution in [3.63, 3.8) is 0 Å². The highest BCUT2D eigenvalue weighted by Crippen LogP contribution is 2.25. The predicted molar refractivity (Wildman–Crippen MR) is 96.1 cm³/mol. The number of nitrogens with one attached hydrogen (secondary N) is 2. The Labute approximate surface area is 142 Å². The van der Waals surface area contributed by atoms with Gasteiger partial charge in [0.1, 0.15) is 0 Å². The van der Waals surface area contributed by atoms with E-state index in [1.54, 1.807) is 7.11 Å². The molecule has 0 aromatic heterocycles. The molecular weight excluding hydrogens is 292 g/mol. The minimum Gasteiger partial charge on any atom is -0.383 e. The average molecular weight is 329 g/mol. The van der Waals surface area contributed by atoms with E-state index in [0.29, 0.717) is 5.92 Å². The molecule has 0 aromatic carbocycles. The van der Waals surface area contributed by atoms with Crippen molar-refractivity contribution >= 4 is 5.96 Å². The van der Waals surface area contributed by atoms with E-state index in [2.05, 4.69) is 34.4 Å². The third kappa shape index (κ3) is 10.5. The van der Waals surface area contributed by atoms with Crippen LogP contribution in [0.15, 0.2) is 4.99 Å². The molecule has 6 heteroatoms. The number of rotatable bonds is 13. The predicted octanol–water partition coefficient (Wildman–Crippen LogP) is 1.32. The van der Waals surface area contributed by atoms with Crippen LogP contribution in [0.4, 0.5) is 0 Å². The van der Waals surface area contributed by atoms with Crippen LogP contribution >= 0.6 is 0 Å². The number of ether oxygens (including phenoxy) is 2. The Morgan fingerprint density at radius 2 is 1.91 bits per heavy atom. The number of hydrogen-bond donors (Lipinski definition) is 2. The lowest BCUT2D eigenvalue weighted by molar-refractivity contribution is 0.108. The van der Waals surface area contributed by atoms with Gasteiger partial charge < -0.3 is 20.1 Å². The Bertz CT molecular complexity index is 320. The largest absolute Gasteiger partial charge is 0.383 e. The van der Waals surface area contributed by atoms with E-state index < -0.39 is 0 Å². The third-order valence-electron chi connectivity index (χ3n) is 3.77. The Kier molecular flexibility index (Phi) is 11.0. The minimum absolute atomic E-state index is 0.602. The van der Waals surface area contributed by atoms with Crippen LogP contribution in [0.5, 0.6) is 0 Å². The minimum atomic E-state index is 0.602. The smallest absolute Gasteiger partial charge is 0.191 e. The molecular formula is C17H36N4O2. The summed E-state index contributed by atoms with van der Waals surface area (Å²) in [5.74, 6) is 1.47. The topological polar surface area (TPSA) is 58.1 Å². The van der Waals surface area contributed by atoms with E-state index in [-0.39, 0.29) is 0 Å². The molecule has 136 valence electrons. The van der Waals surface area contributed by atoms with Crippen molar-refractivity contribution in [2.24, 2.45) is 10.9 Å². The van der Waals surface area contributed by atoms with E-state index >= 15 is 0 Å². The summed E-state index contributed by atoms with van der Waals surface area (Å²) in [6.07, 6.45) is 3.65. The molecule has 0 saturated heterocycles. The van der Waals surface area contributed by atoms with Crippen molar-refractivity contribution in [3.8, 4) is 0 Å². The molecule has 0 atom stereocenters. The lowest BCUT2D eigenvalue weighted by Gasteiger charge is -2.22. The van der Waals surface area contributed by atoms with Gasteiger partial charge in [0.15, 0.2) is 5.96 Å². The van der Waals surface area contributed by atoms with E-state index in [1.807, 2.05) is 7.05 Å². The lowest BCUT2D eigenvalue weighted by Crippen LogP contribution is -2.43. The van der Waals surface area contributed by atoms with Crippen molar-refractivity contribution in [1.29, 1.82) is 0 Å².